The zero-order valence-corrected chi connectivity index (χ0v) is 8.47. The first-order chi connectivity index (χ1) is 6.42. The van der Waals surface area contributed by atoms with E-state index in [0.717, 1.165) is 24.4 Å². The number of hydrogen-bond acceptors (Lipinski definition) is 2. The molecule has 3 N–H and O–H groups in total. The topological polar surface area (TPSA) is 38.0 Å². The highest BCUT2D eigenvalue weighted by atomic mass is 15.0. The minimum atomic E-state index is 0.744. The molecule has 2 fully saturated rings. The molecule has 76 valence electrons. The molecule has 2 heteroatoms. The van der Waals surface area contributed by atoms with Crippen molar-refractivity contribution in [2.45, 2.75) is 44.6 Å². The Bertz CT molecular complexity index is 152. The summed E-state index contributed by atoms with van der Waals surface area (Å²) in [7, 11) is 0. The molecule has 1 saturated carbocycles. The van der Waals surface area contributed by atoms with Crippen molar-refractivity contribution in [2.24, 2.45) is 17.6 Å². The molecule has 2 unspecified atom stereocenters. The Hall–Kier alpha value is -0.0800. The van der Waals surface area contributed by atoms with Crippen LogP contribution in [0.3, 0.4) is 0 Å². The summed E-state index contributed by atoms with van der Waals surface area (Å²) in [6.07, 6.45) is 8.48. The van der Waals surface area contributed by atoms with Crippen LogP contribution in [0.5, 0.6) is 0 Å². The molecule has 2 rings (SSSR count). The first-order valence-electron chi connectivity index (χ1n) is 5.85. The van der Waals surface area contributed by atoms with Crippen molar-refractivity contribution < 1.29 is 0 Å². The molecule has 0 amide bonds. The second-order valence-electron chi connectivity index (χ2n) is 4.64. The molecule has 0 aromatic rings. The van der Waals surface area contributed by atoms with Crippen LogP contribution in [-0.2, 0) is 0 Å². The fraction of sp³-hybridized carbons (Fsp3) is 1.00. The molecule has 0 spiro atoms. The van der Waals surface area contributed by atoms with Crippen molar-refractivity contribution in [1.82, 2.24) is 5.32 Å². The lowest BCUT2D eigenvalue weighted by molar-refractivity contribution is 0.296. The maximum Gasteiger partial charge on any atom is 0.0110 e. The van der Waals surface area contributed by atoms with Gasteiger partial charge in [-0.3, -0.25) is 0 Å². The van der Waals surface area contributed by atoms with Gasteiger partial charge in [-0.2, -0.15) is 0 Å². The quantitative estimate of drug-likeness (QED) is 0.694. The second kappa shape index (κ2) is 4.43. The molecule has 2 atom stereocenters. The summed E-state index contributed by atoms with van der Waals surface area (Å²) in [5.41, 5.74) is 5.63. The van der Waals surface area contributed by atoms with Gasteiger partial charge in [-0.25, -0.2) is 0 Å². The minimum Gasteiger partial charge on any atom is -0.330 e. The highest BCUT2D eigenvalue weighted by molar-refractivity contribution is 4.89. The van der Waals surface area contributed by atoms with Crippen molar-refractivity contribution in [3.8, 4) is 0 Å². The average Bonchev–Trinajstić information content (AvgIpc) is 2.71. The predicted octanol–water partition coefficient (Wildman–Crippen LogP) is 1.50. The molecule has 2 nitrogen and oxygen atoms in total. The van der Waals surface area contributed by atoms with Gasteiger partial charge in [-0.15, -0.1) is 0 Å². The van der Waals surface area contributed by atoms with Crippen LogP contribution in [0.1, 0.15) is 38.5 Å². The van der Waals surface area contributed by atoms with Crippen LogP contribution in [0.2, 0.25) is 0 Å². The first-order valence-corrected chi connectivity index (χ1v) is 5.85. The molecule has 0 radical (unpaired) electrons. The van der Waals surface area contributed by atoms with E-state index < -0.39 is 0 Å². The van der Waals surface area contributed by atoms with Crippen molar-refractivity contribution >= 4 is 0 Å². The molecule has 1 heterocycles. The summed E-state index contributed by atoms with van der Waals surface area (Å²) in [6.45, 7) is 2.08. The average molecular weight is 182 g/mol. The van der Waals surface area contributed by atoms with E-state index in [1.165, 1.54) is 45.1 Å². The zero-order valence-electron chi connectivity index (χ0n) is 8.47. The van der Waals surface area contributed by atoms with Crippen LogP contribution in [0.15, 0.2) is 0 Å². The van der Waals surface area contributed by atoms with Crippen molar-refractivity contribution in [2.75, 3.05) is 13.1 Å². The molecule has 0 bridgehead atoms. The van der Waals surface area contributed by atoms with E-state index in [1.807, 2.05) is 0 Å². The van der Waals surface area contributed by atoms with Gasteiger partial charge < -0.3 is 11.1 Å². The van der Waals surface area contributed by atoms with Crippen molar-refractivity contribution in [1.29, 1.82) is 0 Å². The van der Waals surface area contributed by atoms with Gasteiger partial charge in [0.15, 0.2) is 0 Å². The van der Waals surface area contributed by atoms with E-state index in [0.29, 0.717) is 0 Å². The molecular weight excluding hydrogens is 160 g/mol. The first kappa shape index (κ1) is 9.47. The van der Waals surface area contributed by atoms with E-state index in [1.54, 1.807) is 0 Å². The second-order valence-corrected chi connectivity index (χ2v) is 4.64. The Balaban J connectivity index is 1.88. The van der Waals surface area contributed by atoms with Crippen LogP contribution in [0.25, 0.3) is 0 Å². The highest BCUT2D eigenvalue weighted by Crippen LogP contribution is 2.37. The van der Waals surface area contributed by atoms with Crippen LogP contribution in [0, 0.1) is 11.8 Å². The van der Waals surface area contributed by atoms with E-state index >= 15 is 0 Å². The van der Waals surface area contributed by atoms with Crippen LogP contribution in [0.4, 0.5) is 0 Å². The monoisotopic (exact) mass is 182 g/mol. The Labute approximate surface area is 81.3 Å². The Kier molecular flexibility index (Phi) is 3.23. The fourth-order valence-electron chi connectivity index (χ4n) is 3.23. The number of rotatable bonds is 3. The van der Waals surface area contributed by atoms with E-state index in [2.05, 4.69) is 5.32 Å². The van der Waals surface area contributed by atoms with Gasteiger partial charge in [0, 0.05) is 6.04 Å². The highest BCUT2D eigenvalue weighted by Gasteiger charge is 2.33. The van der Waals surface area contributed by atoms with Crippen molar-refractivity contribution in [3.05, 3.63) is 0 Å². The Morgan fingerprint density at radius 2 is 1.92 bits per heavy atom. The maximum atomic E-state index is 5.63. The largest absolute Gasteiger partial charge is 0.330 e. The summed E-state index contributed by atoms with van der Waals surface area (Å²) < 4.78 is 0. The van der Waals surface area contributed by atoms with E-state index in [-0.39, 0.29) is 0 Å². The third kappa shape index (κ3) is 2.05. The minimum absolute atomic E-state index is 0.744. The molecule has 0 aromatic carbocycles. The third-order valence-electron chi connectivity index (χ3n) is 3.88. The Morgan fingerprint density at radius 1 is 1.15 bits per heavy atom. The lowest BCUT2D eigenvalue weighted by atomic mass is 9.84. The van der Waals surface area contributed by atoms with Gasteiger partial charge in [0.25, 0.3) is 0 Å². The summed E-state index contributed by atoms with van der Waals surface area (Å²) in [4.78, 5) is 0. The van der Waals surface area contributed by atoms with Crippen LogP contribution >= 0.6 is 0 Å². The predicted molar refractivity (Wildman–Crippen MR) is 55.5 cm³/mol. The number of nitrogens with two attached hydrogens (primary N) is 1. The summed E-state index contributed by atoms with van der Waals surface area (Å²) >= 11 is 0. The summed E-state index contributed by atoms with van der Waals surface area (Å²) in [5, 5.41) is 3.60. The lowest BCUT2D eigenvalue weighted by Gasteiger charge is -2.24. The molecule has 1 saturated heterocycles. The lowest BCUT2D eigenvalue weighted by Crippen LogP contribution is -2.32. The van der Waals surface area contributed by atoms with E-state index in [9.17, 15) is 0 Å². The molecule has 1 aliphatic heterocycles. The van der Waals surface area contributed by atoms with Gasteiger partial charge >= 0.3 is 0 Å². The number of nitrogens with one attached hydrogen (secondary N) is 1. The molecule has 1 aliphatic carbocycles. The Morgan fingerprint density at radius 3 is 2.62 bits per heavy atom. The standard InChI is InChI=1S/C11H22N2/c12-7-5-11-10(6-8-13-11)9-3-1-2-4-9/h9-11,13H,1-8,12H2. The zero-order chi connectivity index (χ0) is 9.10. The fourth-order valence-corrected chi connectivity index (χ4v) is 3.23. The molecule has 2 aliphatic rings. The third-order valence-corrected chi connectivity index (χ3v) is 3.88. The molecule has 0 aromatic heterocycles. The molecule has 13 heavy (non-hydrogen) atoms. The van der Waals surface area contributed by atoms with E-state index in [4.69, 9.17) is 5.73 Å². The summed E-state index contributed by atoms with van der Waals surface area (Å²) in [5.74, 6) is 1.97. The smallest absolute Gasteiger partial charge is 0.0110 e. The van der Waals surface area contributed by atoms with Crippen LogP contribution in [-0.4, -0.2) is 19.1 Å². The number of hydrogen-bond donors (Lipinski definition) is 2. The normalized spacial score (nSPS) is 35.8. The van der Waals surface area contributed by atoms with Crippen LogP contribution < -0.4 is 11.1 Å². The SMILES string of the molecule is NCCC1NCCC1C1CCCC1. The van der Waals surface area contributed by atoms with Crippen molar-refractivity contribution in [3.63, 3.8) is 0 Å². The van der Waals surface area contributed by atoms with Gasteiger partial charge in [0.2, 0.25) is 0 Å². The van der Waals surface area contributed by atoms with Gasteiger partial charge in [0.1, 0.15) is 0 Å². The summed E-state index contributed by atoms with van der Waals surface area (Å²) in [6, 6.07) is 0.744. The van der Waals surface area contributed by atoms with Gasteiger partial charge in [-0.1, -0.05) is 25.7 Å². The van der Waals surface area contributed by atoms with Gasteiger partial charge in [-0.05, 0) is 37.8 Å². The molecular formula is C11H22N2. The van der Waals surface area contributed by atoms with Gasteiger partial charge in [0.05, 0.1) is 0 Å². The maximum absolute atomic E-state index is 5.63.